The van der Waals surface area contributed by atoms with Crippen LogP contribution < -0.4 is 5.73 Å². The molecule has 0 aromatic rings. The molecule has 0 aromatic heterocycles. The summed E-state index contributed by atoms with van der Waals surface area (Å²) in [5.74, 6) is 0.865. The zero-order valence-electron chi connectivity index (χ0n) is 11.9. The lowest BCUT2D eigenvalue weighted by Crippen LogP contribution is -2.56. The van der Waals surface area contributed by atoms with Crippen molar-refractivity contribution in [3.63, 3.8) is 0 Å². The van der Waals surface area contributed by atoms with Crippen LogP contribution in [0.15, 0.2) is 0 Å². The Bertz CT molecular complexity index is 281. The van der Waals surface area contributed by atoms with Crippen LogP contribution >= 0.6 is 0 Å². The van der Waals surface area contributed by atoms with E-state index in [4.69, 9.17) is 5.73 Å². The summed E-state index contributed by atoms with van der Waals surface area (Å²) in [7, 11) is 0. The molecule has 1 saturated carbocycles. The number of hydrogen-bond donors (Lipinski definition) is 1. The van der Waals surface area contributed by atoms with Gasteiger partial charge in [0.15, 0.2) is 0 Å². The summed E-state index contributed by atoms with van der Waals surface area (Å²) in [4.78, 5) is 5.48. The normalized spacial score (nSPS) is 43.0. The van der Waals surface area contributed by atoms with Crippen molar-refractivity contribution in [3.05, 3.63) is 0 Å². The van der Waals surface area contributed by atoms with Crippen molar-refractivity contribution in [2.24, 2.45) is 11.7 Å². The summed E-state index contributed by atoms with van der Waals surface area (Å²) >= 11 is 0. The molecular formula is C15H29N3. The van der Waals surface area contributed by atoms with Gasteiger partial charge < -0.3 is 5.73 Å². The Balaban J connectivity index is 1.55. The number of fused-ring (bicyclic) bond motifs is 1. The van der Waals surface area contributed by atoms with E-state index in [1.807, 2.05) is 0 Å². The van der Waals surface area contributed by atoms with Crippen LogP contribution in [-0.2, 0) is 0 Å². The van der Waals surface area contributed by atoms with E-state index in [-0.39, 0.29) is 0 Å². The van der Waals surface area contributed by atoms with Gasteiger partial charge in [0, 0.05) is 37.8 Å². The molecule has 3 aliphatic rings. The third-order valence-electron chi connectivity index (χ3n) is 5.38. The number of nitrogens with zero attached hydrogens (tertiary/aromatic N) is 2. The summed E-state index contributed by atoms with van der Waals surface area (Å²) in [6.45, 7) is 7.67. The van der Waals surface area contributed by atoms with Crippen LogP contribution in [0.5, 0.6) is 0 Å². The zero-order chi connectivity index (χ0) is 12.5. The van der Waals surface area contributed by atoms with Gasteiger partial charge in [-0.15, -0.1) is 0 Å². The zero-order valence-corrected chi connectivity index (χ0v) is 11.9. The van der Waals surface area contributed by atoms with Crippen molar-refractivity contribution in [1.29, 1.82) is 0 Å². The molecule has 0 amide bonds. The van der Waals surface area contributed by atoms with E-state index in [0.29, 0.717) is 6.04 Å². The van der Waals surface area contributed by atoms with Crippen LogP contribution in [0.4, 0.5) is 0 Å². The lowest BCUT2D eigenvalue weighted by Gasteiger charge is -2.44. The minimum Gasteiger partial charge on any atom is -0.328 e. The van der Waals surface area contributed by atoms with Crippen molar-refractivity contribution in [1.82, 2.24) is 9.80 Å². The van der Waals surface area contributed by atoms with Gasteiger partial charge in [0.05, 0.1) is 0 Å². The van der Waals surface area contributed by atoms with Crippen LogP contribution in [0.25, 0.3) is 0 Å². The quantitative estimate of drug-likeness (QED) is 0.810. The minimum atomic E-state index is 0.479. The average molecular weight is 251 g/mol. The average Bonchev–Trinajstić information content (AvgIpc) is 2.76. The standard InChI is InChI=1S/C15H29N3/c1-12-9-17-7-3-6-15(17)11-18(12)10-13-4-2-5-14(16)8-13/h12-15H,2-11,16H2,1H3. The van der Waals surface area contributed by atoms with E-state index in [0.717, 1.165) is 18.0 Å². The Hall–Kier alpha value is -0.120. The number of piperazine rings is 1. The van der Waals surface area contributed by atoms with Gasteiger partial charge >= 0.3 is 0 Å². The van der Waals surface area contributed by atoms with Crippen LogP contribution in [-0.4, -0.2) is 54.1 Å². The molecule has 0 radical (unpaired) electrons. The molecule has 3 heteroatoms. The van der Waals surface area contributed by atoms with Gasteiger partial charge in [0.1, 0.15) is 0 Å². The van der Waals surface area contributed by atoms with Gasteiger partial charge in [-0.1, -0.05) is 6.42 Å². The first-order valence-electron chi connectivity index (χ1n) is 7.96. The van der Waals surface area contributed by atoms with E-state index < -0.39 is 0 Å². The minimum absolute atomic E-state index is 0.479. The van der Waals surface area contributed by atoms with Crippen molar-refractivity contribution < 1.29 is 0 Å². The molecule has 0 bridgehead atoms. The number of rotatable bonds is 2. The summed E-state index contributed by atoms with van der Waals surface area (Å²) in [6, 6.07) is 2.09. The molecule has 18 heavy (non-hydrogen) atoms. The van der Waals surface area contributed by atoms with E-state index in [2.05, 4.69) is 16.7 Å². The van der Waals surface area contributed by atoms with Crippen molar-refractivity contribution in [3.8, 4) is 0 Å². The highest BCUT2D eigenvalue weighted by molar-refractivity contribution is 4.91. The van der Waals surface area contributed by atoms with E-state index in [1.54, 1.807) is 0 Å². The third-order valence-corrected chi connectivity index (χ3v) is 5.38. The SMILES string of the molecule is CC1CN2CCCC2CN1CC1CCCC(N)C1. The van der Waals surface area contributed by atoms with Gasteiger partial charge in [0.2, 0.25) is 0 Å². The molecule has 2 heterocycles. The molecule has 4 atom stereocenters. The van der Waals surface area contributed by atoms with Gasteiger partial charge in [-0.2, -0.15) is 0 Å². The Kier molecular flexibility index (Phi) is 3.92. The fourth-order valence-corrected chi connectivity index (χ4v) is 4.33. The van der Waals surface area contributed by atoms with E-state index in [1.165, 1.54) is 64.7 Å². The van der Waals surface area contributed by atoms with Crippen molar-refractivity contribution in [2.75, 3.05) is 26.2 Å². The van der Waals surface area contributed by atoms with Crippen LogP contribution in [0.1, 0.15) is 45.4 Å². The molecule has 3 nitrogen and oxygen atoms in total. The maximum atomic E-state index is 6.12. The van der Waals surface area contributed by atoms with Crippen molar-refractivity contribution >= 4 is 0 Å². The largest absolute Gasteiger partial charge is 0.328 e. The molecule has 3 rings (SSSR count). The summed E-state index contributed by atoms with van der Waals surface area (Å²) in [6.07, 6.45) is 8.11. The van der Waals surface area contributed by atoms with Gasteiger partial charge in [-0.25, -0.2) is 0 Å². The molecular weight excluding hydrogens is 222 g/mol. The first kappa shape index (κ1) is 12.9. The summed E-state index contributed by atoms with van der Waals surface area (Å²) < 4.78 is 0. The topological polar surface area (TPSA) is 32.5 Å². The second kappa shape index (κ2) is 5.48. The molecule has 0 aromatic carbocycles. The molecule has 104 valence electrons. The fraction of sp³-hybridized carbons (Fsp3) is 1.00. The molecule has 2 N–H and O–H groups in total. The molecule has 2 saturated heterocycles. The highest BCUT2D eigenvalue weighted by Crippen LogP contribution is 2.28. The Labute approximate surface area is 112 Å². The Morgan fingerprint density at radius 1 is 1.11 bits per heavy atom. The van der Waals surface area contributed by atoms with Gasteiger partial charge in [0.25, 0.3) is 0 Å². The van der Waals surface area contributed by atoms with E-state index in [9.17, 15) is 0 Å². The maximum Gasteiger partial charge on any atom is 0.0224 e. The first-order chi connectivity index (χ1) is 8.72. The second-order valence-corrected chi connectivity index (χ2v) is 6.89. The van der Waals surface area contributed by atoms with Crippen LogP contribution in [0.3, 0.4) is 0 Å². The predicted octanol–water partition coefficient (Wildman–Crippen LogP) is 1.67. The van der Waals surface area contributed by atoms with E-state index >= 15 is 0 Å². The molecule has 4 unspecified atom stereocenters. The monoisotopic (exact) mass is 251 g/mol. The van der Waals surface area contributed by atoms with Gasteiger partial charge in [-0.3, -0.25) is 9.80 Å². The highest BCUT2D eigenvalue weighted by atomic mass is 15.3. The number of hydrogen-bond acceptors (Lipinski definition) is 3. The molecule has 0 spiro atoms. The van der Waals surface area contributed by atoms with Gasteiger partial charge in [-0.05, 0) is 51.5 Å². The third kappa shape index (κ3) is 2.73. The highest BCUT2D eigenvalue weighted by Gasteiger charge is 2.35. The maximum absolute atomic E-state index is 6.12. The fourth-order valence-electron chi connectivity index (χ4n) is 4.33. The smallest absolute Gasteiger partial charge is 0.0224 e. The Morgan fingerprint density at radius 3 is 2.83 bits per heavy atom. The Morgan fingerprint density at radius 2 is 2.00 bits per heavy atom. The number of nitrogens with two attached hydrogens (primary N) is 1. The molecule has 3 fully saturated rings. The predicted molar refractivity (Wildman–Crippen MR) is 75.6 cm³/mol. The molecule has 1 aliphatic carbocycles. The van der Waals surface area contributed by atoms with Crippen LogP contribution in [0.2, 0.25) is 0 Å². The second-order valence-electron chi connectivity index (χ2n) is 6.89. The summed E-state index contributed by atoms with van der Waals surface area (Å²) in [5.41, 5.74) is 6.12. The first-order valence-corrected chi connectivity index (χ1v) is 7.96. The van der Waals surface area contributed by atoms with Crippen LogP contribution in [0, 0.1) is 5.92 Å². The summed E-state index contributed by atoms with van der Waals surface area (Å²) in [5, 5.41) is 0. The van der Waals surface area contributed by atoms with Crippen molar-refractivity contribution in [2.45, 2.75) is 63.6 Å². The molecule has 2 aliphatic heterocycles. The lowest BCUT2D eigenvalue weighted by molar-refractivity contribution is 0.0424. The lowest BCUT2D eigenvalue weighted by atomic mass is 9.85.